The van der Waals surface area contributed by atoms with Crippen LogP contribution < -0.4 is 15.9 Å². The first-order valence-electron chi connectivity index (χ1n) is 7.61. The molecule has 0 atom stereocenters. The fourth-order valence-corrected chi connectivity index (χ4v) is 2.72. The Hall–Kier alpha value is -2.63. The minimum atomic E-state index is 0.0940. The van der Waals surface area contributed by atoms with Crippen molar-refractivity contribution in [1.29, 1.82) is 0 Å². The van der Waals surface area contributed by atoms with Crippen molar-refractivity contribution in [3.8, 4) is 5.75 Å². The van der Waals surface area contributed by atoms with Crippen molar-refractivity contribution in [3.05, 3.63) is 76.8 Å². The third-order valence-corrected chi connectivity index (χ3v) is 3.94. The minimum absolute atomic E-state index is 0.0940. The largest absolute Gasteiger partial charge is 0.488 e. The Morgan fingerprint density at radius 3 is 2.80 bits per heavy atom. The number of nitrogens with two attached hydrogens (primary N) is 1. The highest BCUT2D eigenvalue weighted by Crippen LogP contribution is 2.24. The van der Waals surface area contributed by atoms with Gasteiger partial charge >= 0.3 is 0 Å². The fraction of sp³-hybridized carbons (Fsp3) is 0.0526. The van der Waals surface area contributed by atoms with E-state index < -0.39 is 0 Å². The summed E-state index contributed by atoms with van der Waals surface area (Å²) in [7, 11) is 0. The van der Waals surface area contributed by atoms with E-state index in [9.17, 15) is 0 Å². The zero-order chi connectivity index (χ0) is 17.6. The average molecular weight is 370 g/mol. The molecule has 0 aliphatic heterocycles. The zero-order valence-corrected chi connectivity index (χ0v) is 14.8. The normalized spacial score (nSPS) is 10.9. The maximum absolute atomic E-state index is 6.07. The van der Waals surface area contributed by atoms with Crippen LogP contribution in [-0.2, 0) is 6.61 Å². The highest BCUT2D eigenvalue weighted by Gasteiger charge is 2.06. The zero-order valence-electron chi connectivity index (χ0n) is 13.3. The van der Waals surface area contributed by atoms with Crippen molar-refractivity contribution in [2.24, 2.45) is 10.8 Å². The van der Waals surface area contributed by atoms with Crippen LogP contribution in [0.1, 0.15) is 11.1 Å². The lowest BCUT2D eigenvalue weighted by Gasteiger charge is -2.11. The summed E-state index contributed by atoms with van der Waals surface area (Å²) in [5.74, 6) is 0.672. The van der Waals surface area contributed by atoms with Gasteiger partial charge in [-0.05, 0) is 46.8 Å². The van der Waals surface area contributed by atoms with Crippen LogP contribution in [0.5, 0.6) is 5.75 Å². The van der Waals surface area contributed by atoms with Crippen LogP contribution in [0.4, 0.5) is 0 Å². The van der Waals surface area contributed by atoms with Gasteiger partial charge < -0.3 is 10.5 Å². The molecule has 25 heavy (non-hydrogen) atoms. The summed E-state index contributed by atoms with van der Waals surface area (Å²) in [6.45, 7) is 0.437. The number of nitrogens with zero attached hydrogens (tertiary/aromatic N) is 1. The molecule has 0 spiro atoms. The van der Waals surface area contributed by atoms with E-state index in [4.69, 9.17) is 34.3 Å². The van der Waals surface area contributed by atoms with E-state index in [1.54, 1.807) is 18.3 Å². The minimum Gasteiger partial charge on any atom is -0.488 e. The van der Waals surface area contributed by atoms with Gasteiger partial charge in [0.25, 0.3) is 0 Å². The van der Waals surface area contributed by atoms with E-state index in [2.05, 4.69) is 34.8 Å². The number of benzene rings is 3. The number of hydrazone groups is 1. The van der Waals surface area contributed by atoms with Gasteiger partial charge in [0, 0.05) is 10.6 Å². The van der Waals surface area contributed by atoms with Crippen molar-refractivity contribution in [2.75, 3.05) is 0 Å². The molecule has 0 saturated carbocycles. The molecule has 126 valence electrons. The number of nitrogens with one attached hydrogen (secondary N) is 1. The summed E-state index contributed by atoms with van der Waals surface area (Å²) >= 11 is 10.8. The lowest BCUT2D eigenvalue weighted by Crippen LogP contribution is -2.24. The Labute approximate surface area is 156 Å². The second-order valence-corrected chi connectivity index (χ2v) is 6.22. The van der Waals surface area contributed by atoms with Gasteiger partial charge in [0.05, 0.1) is 6.21 Å². The Morgan fingerprint density at radius 1 is 1.16 bits per heavy atom. The first-order valence-corrected chi connectivity index (χ1v) is 8.39. The molecule has 0 bridgehead atoms. The highest BCUT2D eigenvalue weighted by atomic mass is 35.5. The van der Waals surface area contributed by atoms with Crippen molar-refractivity contribution < 1.29 is 4.74 Å². The molecule has 0 aliphatic carbocycles. The number of hydrogen-bond donors (Lipinski definition) is 2. The molecule has 0 unspecified atom stereocenters. The molecule has 0 amide bonds. The predicted molar refractivity (Wildman–Crippen MR) is 107 cm³/mol. The molecular weight excluding hydrogens is 354 g/mol. The predicted octanol–water partition coefficient (Wildman–Crippen LogP) is 4.24. The van der Waals surface area contributed by atoms with Crippen LogP contribution in [0.15, 0.2) is 65.8 Å². The smallest absolute Gasteiger partial charge is 0.184 e. The monoisotopic (exact) mass is 369 g/mol. The Morgan fingerprint density at radius 2 is 1.96 bits per heavy atom. The number of rotatable bonds is 5. The van der Waals surface area contributed by atoms with Gasteiger partial charge in [-0.3, -0.25) is 5.43 Å². The number of fused-ring (bicyclic) bond motifs is 1. The van der Waals surface area contributed by atoms with Crippen molar-refractivity contribution in [2.45, 2.75) is 6.61 Å². The van der Waals surface area contributed by atoms with Gasteiger partial charge in [-0.2, -0.15) is 5.10 Å². The van der Waals surface area contributed by atoms with Crippen LogP contribution in [0.3, 0.4) is 0 Å². The molecule has 6 heteroatoms. The van der Waals surface area contributed by atoms with Gasteiger partial charge in [-0.25, -0.2) is 0 Å². The first kappa shape index (κ1) is 17.2. The van der Waals surface area contributed by atoms with E-state index in [0.717, 1.165) is 11.1 Å². The summed E-state index contributed by atoms with van der Waals surface area (Å²) in [5, 5.41) is 7.01. The molecule has 0 aliphatic rings. The van der Waals surface area contributed by atoms with Gasteiger partial charge in [0.15, 0.2) is 5.11 Å². The lowest BCUT2D eigenvalue weighted by atomic mass is 10.1. The van der Waals surface area contributed by atoms with Crippen molar-refractivity contribution in [1.82, 2.24) is 5.43 Å². The van der Waals surface area contributed by atoms with Gasteiger partial charge in [0.2, 0.25) is 0 Å². The summed E-state index contributed by atoms with van der Waals surface area (Å²) < 4.78 is 6.00. The van der Waals surface area contributed by atoms with Gasteiger partial charge in [0.1, 0.15) is 12.4 Å². The number of hydrogen-bond acceptors (Lipinski definition) is 3. The first-order chi connectivity index (χ1) is 12.1. The molecule has 3 aromatic rings. The second-order valence-electron chi connectivity index (χ2n) is 5.34. The van der Waals surface area contributed by atoms with Crippen LogP contribution in [0, 0.1) is 0 Å². The maximum atomic E-state index is 6.07. The quantitative estimate of drug-likeness (QED) is 0.401. The summed E-state index contributed by atoms with van der Waals surface area (Å²) in [4.78, 5) is 0. The van der Waals surface area contributed by atoms with Crippen LogP contribution >= 0.6 is 23.8 Å². The Balaban J connectivity index is 1.83. The molecular formula is C19H16ClN3OS. The molecule has 0 saturated heterocycles. The molecule has 3 rings (SSSR count). The lowest BCUT2D eigenvalue weighted by molar-refractivity contribution is 0.307. The molecule has 0 radical (unpaired) electrons. The summed E-state index contributed by atoms with van der Waals surface area (Å²) in [6, 6.07) is 19.7. The molecule has 4 nitrogen and oxygen atoms in total. The molecule has 3 N–H and O–H groups in total. The SMILES string of the molecule is NC(=S)N/N=C\c1cc(Cl)ccc1OCc1cccc2ccccc12. The van der Waals surface area contributed by atoms with Crippen molar-refractivity contribution >= 4 is 45.9 Å². The number of ether oxygens (including phenoxy) is 1. The third-order valence-electron chi connectivity index (χ3n) is 3.61. The van der Waals surface area contributed by atoms with Gasteiger partial charge in [-0.15, -0.1) is 0 Å². The van der Waals surface area contributed by atoms with E-state index in [1.165, 1.54) is 10.8 Å². The molecule has 0 fully saturated rings. The Bertz CT molecular complexity index is 938. The van der Waals surface area contributed by atoms with Gasteiger partial charge in [-0.1, -0.05) is 54.1 Å². The fourth-order valence-electron chi connectivity index (χ4n) is 2.49. The highest BCUT2D eigenvalue weighted by molar-refractivity contribution is 7.80. The van der Waals surface area contributed by atoms with Crippen LogP contribution in [-0.4, -0.2) is 11.3 Å². The average Bonchev–Trinajstić information content (AvgIpc) is 2.61. The van der Waals surface area contributed by atoms with Crippen LogP contribution in [0.2, 0.25) is 5.02 Å². The topological polar surface area (TPSA) is 59.6 Å². The second kappa shape index (κ2) is 7.96. The van der Waals surface area contributed by atoms with Crippen LogP contribution in [0.25, 0.3) is 10.8 Å². The van der Waals surface area contributed by atoms with E-state index >= 15 is 0 Å². The van der Waals surface area contributed by atoms with E-state index in [1.807, 2.05) is 24.3 Å². The molecule has 0 heterocycles. The van der Waals surface area contributed by atoms with E-state index in [-0.39, 0.29) is 5.11 Å². The standard InChI is InChI=1S/C19H16ClN3OS/c20-16-8-9-18(15(10-16)11-22-23-19(21)25)24-12-14-6-3-5-13-4-1-2-7-17(13)14/h1-11H,12H2,(H3,21,23,25)/b22-11-. The van der Waals surface area contributed by atoms with E-state index in [0.29, 0.717) is 17.4 Å². The molecule has 0 aromatic heterocycles. The third kappa shape index (κ3) is 4.47. The van der Waals surface area contributed by atoms with Crippen molar-refractivity contribution in [3.63, 3.8) is 0 Å². The summed E-state index contributed by atoms with van der Waals surface area (Å²) in [5.41, 5.74) is 9.72. The molecule has 3 aromatic carbocycles. The Kier molecular flexibility index (Phi) is 5.48. The number of thiocarbonyl (C=S) groups is 1. The number of halogens is 1. The maximum Gasteiger partial charge on any atom is 0.184 e. The summed E-state index contributed by atoms with van der Waals surface area (Å²) in [6.07, 6.45) is 1.57.